The molecule has 0 aromatic heterocycles. The molecule has 0 radical (unpaired) electrons. The van der Waals surface area contributed by atoms with Gasteiger partial charge in [0.25, 0.3) is 0 Å². The topological polar surface area (TPSA) is 66.0 Å². The molecule has 0 fully saturated rings. The maximum atomic E-state index is 11.6. The van der Waals surface area contributed by atoms with Gasteiger partial charge in [-0.15, -0.1) is 0 Å². The summed E-state index contributed by atoms with van der Waals surface area (Å²) in [4.78, 5) is 11.6. The summed E-state index contributed by atoms with van der Waals surface area (Å²) in [6, 6.07) is 7.21. The number of hydrogen-bond acceptors (Lipinski definition) is 6. The minimum absolute atomic E-state index is 0.356. The third kappa shape index (κ3) is 7.08. The van der Waals surface area contributed by atoms with Gasteiger partial charge in [0.2, 0.25) is 0 Å². The highest BCUT2D eigenvalue weighted by molar-refractivity contribution is 5.95. The van der Waals surface area contributed by atoms with E-state index in [1.807, 2.05) is 12.1 Å². The first-order valence-corrected chi connectivity index (χ1v) is 6.85. The van der Waals surface area contributed by atoms with E-state index < -0.39 is 0 Å². The number of hydrogen-bond donors (Lipinski definition) is 1. The molecular weight excluding hydrogens is 274 g/mol. The molecule has 21 heavy (non-hydrogen) atoms. The predicted octanol–water partition coefficient (Wildman–Crippen LogP) is 1.56. The number of anilines is 1. The molecular formula is C15H23NO5. The fourth-order valence-corrected chi connectivity index (χ4v) is 1.65. The second-order valence-electron chi connectivity index (χ2n) is 4.18. The van der Waals surface area contributed by atoms with Crippen LogP contribution in [0, 0.1) is 0 Å². The fraction of sp³-hybridized carbons (Fsp3) is 0.533. The Hall–Kier alpha value is -1.63. The van der Waals surface area contributed by atoms with Crippen molar-refractivity contribution in [2.24, 2.45) is 0 Å². The zero-order valence-corrected chi connectivity index (χ0v) is 12.6. The zero-order valence-electron chi connectivity index (χ0n) is 12.6. The van der Waals surface area contributed by atoms with Gasteiger partial charge in [-0.3, -0.25) is 0 Å². The highest BCUT2D eigenvalue weighted by Gasteiger charge is 2.09. The minimum Gasteiger partial charge on any atom is -0.465 e. The first-order chi connectivity index (χ1) is 10.3. The minimum atomic E-state index is -0.356. The summed E-state index contributed by atoms with van der Waals surface area (Å²) in [6.07, 6.45) is 0. The SMILES string of the molecule is COCCOCCOCCNc1ccccc1C(=O)OC. The van der Waals surface area contributed by atoms with Gasteiger partial charge in [-0.1, -0.05) is 12.1 Å². The number of carbonyl (C=O) groups is 1. The van der Waals surface area contributed by atoms with Gasteiger partial charge in [0.05, 0.1) is 45.7 Å². The van der Waals surface area contributed by atoms with Crippen molar-refractivity contribution in [2.75, 3.05) is 59.1 Å². The summed E-state index contributed by atoms with van der Waals surface area (Å²) >= 11 is 0. The van der Waals surface area contributed by atoms with Crippen LogP contribution in [0.15, 0.2) is 24.3 Å². The second-order valence-corrected chi connectivity index (χ2v) is 4.18. The smallest absolute Gasteiger partial charge is 0.339 e. The largest absolute Gasteiger partial charge is 0.465 e. The quantitative estimate of drug-likeness (QED) is 0.494. The van der Waals surface area contributed by atoms with Crippen molar-refractivity contribution in [2.45, 2.75) is 0 Å². The molecule has 0 heterocycles. The number of ether oxygens (including phenoxy) is 4. The van der Waals surface area contributed by atoms with Crippen LogP contribution in [0.1, 0.15) is 10.4 Å². The summed E-state index contributed by atoms with van der Waals surface area (Å²) in [6.45, 7) is 3.37. The Kier molecular flexibility index (Phi) is 9.19. The van der Waals surface area contributed by atoms with Crippen LogP contribution in [0.2, 0.25) is 0 Å². The summed E-state index contributed by atoms with van der Waals surface area (Å²) in [5, 5.41) is 3.15. The average Bonchev–Trinajstić information content (AvgIpc) is 2.53. The molecule has 0 aliphatic rings. The van der Waals surface area contributed by atoms with E-state index in [9.17, 15) is 4.79 Å². The van der Waals surface area contributed by atoms with Gasteiger partial charge in [-0.2, -0.15) is 0 Å². The van der Waals surface area contributed by atoms with E-state index in [0.29, 0.717) is 45.1 Å². The van der Waals surface area contributed by atoms with Gasteiger partial charge in [-0.05, 0) is 12.1 Å². The van der Waals surface area contributed by atoms with E-state index in [1.165, 1.54) is 7.11 Å². The first kappa shape index (κ1) is 17.4. The van der Waals surface area contributed by atoms with E-state index in [0.717, 1.165) is 5.69 Å². The number of methoxy groups -OCH3 is 2. The normalized spacial score (nSPS) is 10.4. The fourth-order valence-electron chi connectivity index (χ4n) is 1.65. The average molecular weight is 297 g/mol. The molecule has 0 aliphatic heterocycles. The Bertz CT molecular complexity index is 411. The highest BCUT2D eigenvalue weighted by Crippen LogP contribution is 2.15. The van der Waals surface area contributed by atoms with Crippen LogP contribution >= 0.6 is 0 Å². The molecule has 118 valence electrons. The lowest BCUT2D eigenvalue weighted by Gasteiger charge is -2.11. The van der Waals surface area contributed by atoms with Crippen LogP contribution in [0.5, 0.6) is 0 Å². The first-order valence-electron chi connectivity index (χ1n) is 6.85. The third-order valence-corrected chi connectivity index (χ3v) is 2.70. The van der Waals surface area contributed by atoms with Crippen molar-refractivity contribution in [3.63, 3.8) is 0 Å². The molecule has 1 N–H and O–H groups in total. The van der Waals surface area contributed by atoms with Crippen LogP contribution in [0.4, 0.5) is 5.69 Å². The van der Waals surface area contributed by atoms with Crippen LogP contribution in [0.3, 0.4) is 0 Å². The Morgan fingerprint density at radius 2 is 1.67 bits per heavy atom. The van der Waals surface area contributed by atoms with Crippen molar-refractivity contribution >= 4 is 11.7 Å². The van der Waals surface area contributed by atoms with E-state index in [2.05, 4.69) is 5.32 Å². The number of benzene rings is 1. The van der Waals surface area contributed by atoms with E-state index >= 15 is 0 Å². The van der Waals surface area contributed by atoms with Crippen molar-refractivity contribution in [1.82, 2.24) is 0 Å². The maximum absolute atomic E-state index is 11.6. The standard InChI is InChI=1S/C15H23NO5/c1-18-9-10-21-12-11-20-8-7-16-14-6-4-3-5-13(14)15(17)19-2/h3-6,16H,7-12H2,1-2H3. The summed E-state index contributed by atoms with van der Waals surface area (Å²) < 4.78 is 20.3. The number of rotatable bonds is 11. The Labute approximate surface area is 125 Å². The molecule has 1 aromatic rings. The molecule has 0 saturated heterocycles. The molecule has 0 spiro atoms. The lowest BCUT2D eigenvalue weighted by molar-refractivity contribution is 0.0272. The van der Waals surface area contributed by atoms with Gasteiger partial charge >= 0.3 is 5.97 Å². The van der Waals surface area contributed by atoms with Gasteiger partial charge < -0.3 is 24.3 Å². The Balaban J connectivity index is 2.17. The van der Waals surface area contributed by atoms with Gasteiger partial charge in [0, 0.05) is 19.3 Å². The maximum Gasteiger partial charge on any atom is 0.339 e. The zero-order chi connectivity index (χ0) is 15.3. The molecule has 0 aliphatic carbocycles. The summed E-state index contributed by atoms with van der Waals surface area (Å²) in [5.41, 5.74) is 1.26. The van der Waals surface area contributed by atoms with E-state index in [1.54, 1.807) is 19.2 Å². The molecule has 1 aromatic carbocycles. The summed E-state index contributed by atoms with van der Waals surface area (Å²) in [7, 11) is 3.00. The van der Waals surface area contributed by atoms with Crippen molar-refractivity contribution in [1.29, 1.82) is 0 Å². The van der Waals surface area contributed by atoms with Crippen molar-refractivity contribution < 1.29 is 23.7 Å². The van der Waals surface area contributed by atoms with Crippen molar-refractivity contribution in [3.05, 3.63) is 29.8 Å². The Morgan fingerprint density at radius 3 is 2.38 bits per heavy atom. The number of nitrogens with one attached hydrogen (secondary N) is 1. The van der Waals surface area contributed by atoms with E-state index in [-0.39, 0.29) is 5.97 Å². The third-order valence-electron chi connectivity index (χ3n) is 2.70. The lowest BCUT2D eigenvalue weighted by Crippen LogP contribution is -2.15. The molecule has 0 atom stereocenters. The van der Waals surface area contributed by atoms with E-state index in [4.69, 9.17) is 18.9 Å². The van der Waals surface area contributed by atoms with Crippen molar-refractivity contribution in [3.8, 4) is 0 Å². The van der Waals surface area contributed by atoms with Crippen LogP contribution in [-0.4, -0.2) is 59.8 Å². The monoisotopic (exact) mass is 297 g/mol. The molecule has 1 rings (SSSR count). The lowest BCUT2D eigenvalue weighted by atomic mass is 10.2. The number of para-hydroxylation sites is 1. The number of esters is 1. The molecule has 6 nitrogen and oxygen atoms in total. The van der Waals surface area contributed by atoms with Gasteiger partial charge in [0.1, 0.15) is 0 Å². The molecule has 6 heteroatoms. The van der Waals surface area contributed by atoms with Crippen LogP contribution < -0.4 is 5.32 Å². The molecule has 0 saturated carbocycles. The predicted molar refractivity (Wildman–Crippen MR) is 79.8 cm³/mol. The van der Waals surface area contributed by atoms with Crippen LogP contribution in [-0.2, 0) is 18.9 Å². The number of carbonyl (C=O) groups excluding carboxylic acids is 1. The highest BCUT2D eigenvalue weighted by atomic mass is 16.5. The molecule has 0 bridgehead atoms. The second kappa shape index (κ2) is 11.1. The molecule has 0 unspecified atom stereocenters. The van der Waals surface area contributed by atoms with Gasteiger partial charge in [0.15, 0.2) is 0 Å². The van der Waals surface area contributed by atoms with Gasteiger partial charge in [-0.25, -0.2) is 4.79 Å². The summed E-state index contributed by atoms with van der Waals surface area (Å²) in [5.74, 6) is -0.356. The molecule has 0 amide bonds. The Morgan fingerprint density at radius 1 is 1.00 bits per heavy atom. The van der Waals surface area contributed by atoms with Crippen LogP contribution in [0.25, 0.3) is 0 Å².